The van der Waals surface area contributed by atoms with Gasteiger partial charge in [0.25, 0.3) is 0 Å². The third-order valence-corrected chi connectivity index (χ3v) is 3.40. The van der Waals surface area contributed by atoms with Gasteiger partial charge in [0.05, 0.1) is 17.2 Å². The van der Waals surface area contributed by atoms with Gasteiger partial charge in [-0.2, -0.15) is 5.26 Å². The lowest BCUT2D eigenvalue weighted by molar-refractivity contribution is 0.181. The van der Waals surface area contributed by atoms with Crippen LogP contribution < -0.4 is 0 Å². The second-order valence-electron chi connectivity index (χ2n) is 4.57. The number of aliphatic hydroxyl groups is 1. The molecular weight excluding hydrogens is 292 g/mol. The van der Waals surface area contributed by atoms with Crippen molar-refractivity contribution < 1.29 is 5.11 Å². The predicted octanol–water partition coefficient (Wildman–Crippen LogP) is 3.51. The summed E-state index contributed by atoms with van der Waals surface area (Å²) in [5.74, 6) is 0. The van der Waals surface area contributed by atoms with E-state index in [1.54, 1.807) is 6.92 Å². The van der Waals surface area contributed by atoms with E-state index in [9.17, 15) is 5.11 Å². The Hall–Kier alpha value is -1.31. The van der Waals surface area contributed by atoms with Crippen LogP contribution in [0.3, 0.4) is 0 Å². The smallest absolute Gasteiger partial charge is 0.101 e. The number of aryl methyl sites for hydroxylation is 1. The minimum Gasteiger partial charge on any atom is -0.393 e. The SMILES string of the molecule is C[C@@H](O)CCCc1cc2cc(Br)cc(C#N)c2[nH]1. The molecular formula is C14H15BrN2O. The van der Waals surface area contributed by atoms with Crippen molar-refractivity contribution in [1.29, 1.82) is 5.26 Å². The molecule has 0 amide bonds. The van der Waals surface area contributed by atoms with Crippen LogP contribution in [0, 0.1) is 11.3 Å². The third kappa shape index (κ3) is 2.92. The lowest BCUT2D eigenvalue weighted by Crippen LogP contribution is -1.99. The minimum absolute atomic E-state index is 0.252. The molecule has 18 heavy (non-hydrogen) atoms. The van der Waals surface area contributed by atoms with Gasteiger partial charge in [-0.3, -0.25) is 0 Å². The summed E-state index contributed by atoms with van der Waals surface area (Å²) in [7, 11) is 0. The molecule has 1 aromatic carbocycles. The Bertz CT molecular complexity index is 596. The molecule has 94 valence electrons. The van der Waals surface area contributed by atoms with Crippen LogP contribution in [0.15, 0.2) is 22.7 Å². The van der Waals surface area contributed by atoms with Crippen molar-refractivity contribution in [1.82, 2.24) is 4.98 Å². The highest BCUT2D eigenvalue weighted by Gasteiger charge is 2.07. The van der Waals surface area contributed by atoms with Crippen molar-refractivity contribution >= 4 is 26.8 Å². The molecule has 0 fully saturated rings. The number of benzene rings is 1. The molecule has 0 spiro atoms. The van der Waals surface area contributed by atoms with Crippen molar-refractivity contribution in [3.05, 3.63) is 33.9 Å². The van der Waals surface area contributed by atoms with Crippen LogP contribution in [-0.2, 0) is 6.42 Å². The van der Waals surface area contributed by atoms with Crippen LogP contribution in [0.25, 0.3) is 10.9 Å². The molecule has 0 radical (unpaired) electrons. The fourth-order valence-corrected chi connectivity index (χ4v) is 2.55. The van der Waals surface area contributed by atoms with Gasteiger partial charge in [0.2, 0.25) is 0 Å². The van der Waals surface area contributed by atoms with Crippen molar-refractivity contribution in [3.8, 4) is 6.07 Å². The number of rotatable bonds is 4. The first-order valence-corrected chi connectivity index (χ1v) is 6.78. The molecule has 0 aliphatic carbocycles. The molecule has 1 heterocycles. The number of aromatic amines is 1. The maximum Gasteiger partial charge on any atom is 0.101 e. The molecule has 0 bridgehead atoms. The highest BCUT2D eigenvalue weighted by atomic mass is 79.9. The Morgan fingerprint density at radius 1 is 1.44 bits per heavy atom. The van der Waals surface area contributed by atoms with Crippen LogP contribution in [0.5, 0.6) is 0 Å². The first-order chi connectivity index (χ1) is 8.60. The maximum absolute atomic E-state index is 9.23. The molecule has 3 nitrogen and oxygen atoms in total. The number of hydrogen-bond donors (Lipinski definition) is 2. The molecule has 1 aromatic heterocycles. The Kier molecular flexibility index (Phi) is 4.05. The van der Waals surface area contributed by atoms with Gasteiger partial charge < -0.3 is 10.1 Å². The Labute approximate surface area is 115 Å². The largest absolute Gasteiger partial charge is 0.393 e. The number of fused-ring (bicyclic) bond motifs is 1. The molecule has 2 rings (SSSR count). The van der Waals surface area contributed by atoms with Gasteiger partial charge in [-0.1, -0.05) is 15.9 Å². The summed E-state index contributed by atoms with van der Waals surface area (Å²) in [4.78, 5) is 3.29. The number of nitriles is 1. The molecule has 1 atom stereocenters. The standard InChI is InChI=1S/C14H15BrN2O/c1-9(18)3-2-4-13-7-10-5-12(15)6-11(8-16)14(10)17-13/h5-7,9,17-18H,2-4H2,1H3/t9-/m1/s1. The summed E-state index contributed by atoms with van der Waals surface area (Å²) in [6.45, 7) is 1.80. The molecule has 0 unspecified atom stereocenters. The predicted molar refractivity (Wildman–Crippen MR) is 75.3 cm³/mol. The van der Waals surface area contributed by atoms with Crippen molar-refractivity contribution in [2.45, 2.75) is 32.3 Å². The molecule has 4 heteroatoms. The van der Waals surface area contributed by atoms with Crippen molar-refractivity contribution in [3.63, 3.8) is 0 Å². The third-order valence-electron chi connectivity index (χ3n) is 2.94. The lowest BCUT2D eigenvalue weighted by atomic mass is 10.1. The van der Waals surface area contributed by atoms with Crippen molar-refractivity contribution in [2.75, 3.05) is 0 Å². The van der Waals surface area contributed by atoms with Gasteiger partial charge in [0, 0.05) is 15.6 Å². The van der Waals surface area contributed by atoms with Gasteiger partial charge in [0.15, 0.2) is 0 Å². The first-order valence-electron chi connectivity index (χ1n) is 5.99. The van der Waals surface area contributed by atoms with Gasteiger partial charge in [-0.15, -0.1) is 0 Å². The summed E-state index contributed by atoms with van der Waals surface area (Å²) in [5, 5.41) is 19.4. The summed E-state index contributed by atoms with van der Waals surface area (Å²) >= 11 is 3.41. The van der Waals surface area contributed by atoms with E-state index in [1.807, 2.05) is 12.1 Å². The fraction of sp³-hybridized carbons (Fsp3) is 0.357. The first kappa shape index (κ1) is 13.1. The number of nitrogens with zero attached hydrogens (tertiary/aromatic N) is 1. The van der Waals surface area contributed by atoms with Crippen LogP contribution in [0.2, 0.25) is 0 Å². The Balaban J connectivity index is 2.25. The Morgan fingerprint density at radius 2 is 2.22 bits per heavy atom. The topological polar surface area (TPSA) is 59.8 Å². The summed E-state index contributed by atoms with van der Waals surface area (Å²) in [6.07, 6.45) is 2.37. The zero-order valence-electron chi connectivity index (χ0n) is 10.2. The van der Waals surface area contributed by atoms with E-state index >= 15 is 0 Å². The van der Waals surface area contributed by atoms with Crippen molar-refractivity contribution in [2.24, 2.45) is 0 Å². The summed E-state index contributed by atoms with van der Waals surface area (Å²) < 4.78 is 0.918. The van der Waals surface area contributed by atoms with Gasteiger partial charge >= 0.3 is 0 Å². The van der Waals surface area contributed by atoms with Gasteiger partial charge in [-0.25, -0.2) is 0 Å². The number of hydrogen-bond acceptors (Lipinski definition) is 2. The van der Waals surface area contributed by atoms with E-state index < -0.39 is 0 Å². The van der Waals surface area contributed by atoms with E-state index in [0.717, 1.165) is 40.3 Å². The lowest BCUT2D eigenvalue weighted by Gasteiger charge is -2.01. The van der Waals surface area contributed by atoms with Gasteiger partial charge in [0.1, 0.15) is 6.07 Å². The van der Waals surface area contributed by atoms with Crippen LogP contribution >= 0.6 is 15.9 Å². The summed E-state index contributed by atoms with van der Waals surface area (Å²) in [6, 6.07) is 8.09. The fourth-order valence-electron chi connectivity index (χ4n) is 2.08. The molecule has 2 N–H and O–H groups in total. The number of aliphatic hydroxyl groups excluding tert-OH is 1. The summed E-state index contributed by atoms with van der Waals surface area (Å²) in [5.41, 5.74) is 2.66. The van der Waals surface area contributed by atoms with E-state index in [1.165, 1.54) is 0 Å². The molecule has 0 saturated carbocycles. The number of nitrogens with one attached hydrogen (secondary N) is 1. The van der Waals surface area contributed by atoms with E-state index in [4.69, 9.17) is 5.26 Å². The molecule has 0 saturated heterocycles. The Morgan fingerprint density at radius 3 is 2.89 bits per heavy atom. The van der Waals surface area contributed by atoms with E-state index in [2.05, 4.69) is 33.0 Å². The second kappa shape index (κ2) is 5.55. The zero-order chi connectivity index (χ0) is 13.1. The quantitative estimate of drug-likeness (QED) is 0.908. The monoisotopic (exact) mass is 306 g/mol. The number of H-pyrrole nitrogens is 1. The van der Waals surface area contributed by atoms with Crippen LogP contribution in [-0.4, -0.2) is 16.2 Å². The number of halogens is 1. The highest BCUT2D eigenvalue weighted by molar-refractivity contribution is 9.10. The van der Waals surface area contributed by atoms with E-state index in [-0.39, 0.29) is 6.10 Å². The normalized spacial score (nSPS) is 12.6. The molecule has 0 aliphatic rings. The minimum atomic E-state index is -0.252. The maximum atomic E-state index is 9.23. The average molecular weight is 307 g/mol. The number of aromatic nitrogens is 1. The van der Waals surface area contributed by atoms with Crippen LogP contribution in [0.1, 0.15) is 31.0 Å². The second-order valence-corrected chi connectivity index (χ2v) is 5.48. The zero-order valence-corrected chi connectivity index (χ0v) is 11.8. The molecule has 2 aromatic rings. The average Bonchev–Trinajstić information content (AvgIpc) is 2.69. The molecule has 0 aliphatic heterocycles. The highest BCUT2D eigenvalue weighted by Crippen LogP contribution is 2.25. The van der Waals surface area contributed by atoms with Gasteiger partial charge in [-0.05, 0) is 44.4 Å². The van der Waals surface area contributed by atoms with E-state index in [0.29, 0.717) is 5.56 Å². The van der Waals surface area contributed by atoms with Crippen LogP contribution in [0.4, 0.5) is 0 Å².